The lowest BCUT2D eigenvalue weighted by molar-refractivity contribution is 0.157. The molecule has 0 fully saturated rings. The maximum absolute atomic E-state index is 8.95. The highest BCUT2D eigenvalue weighted by Gasteiger charge is 2.14. The second kappa shape index (κ2) is 6.88. The molecule has 0 radical (unpaired) electrons. The minimum atomic E-state index is -0.0325. The van der Waals surface area contributed by atoms with Crippen molar-refractivity contribution in [2.75, 3.05) is 19.7 Å². The number of nitrogens with one attached hydrogen (secondary N) is 1. The summed E-state index contributed by atoms with van der Waals surface area (Å²) in [5.41, 5.74) is -0.0325. The maximum atomic E-state index is 8.95. The van der Waals surface area contributed by atoms with Gasteiger partial charge in [-0.25, -0.2) is 0 Å². The first-order chi connectivity index (χ1) is 6.12. The van der Waals surface area contributed by atoms with E-state index in [0.29, 0.717) is 6.42 Å². The zero-order valence-electron chi connectivity index (χ0n) is 8.64. The van der Waals surface area contributed by atoms with Crippen molar-refractivity contribution < 1.29 is 5.11 Å². The Morgan fingerprint density at radius 3 is 2.62 bits per heavy atom. The van der Waals surface area contributed by atoms with Crippen LogP contribution in [0.25, 0.3) is 0 Å². The third-order valence-corrected chi connectivity index (χ3v) is 1.92. The Morgan fingerprint density at radius 2 is 2.08 bits per heavy atom. The van der Waals surface area contributed by atoms with Crippen molar-refractivity contribution in [3.8, 4) is 6.07 Å². The molecule has 0 heterocycles. The zero-order chi connectivity index (χ0) is 10.2. The average molecular weight is 184 g/mol. The molecule has 0 aromatic heterocycles. The summed E-state index contributed by atoms with van der Waals surface area (Å²) in [6, 6.07) is 2.12. The van der Waals surface area contributed by atoms with E-state index in [4.69, 9.17) is 10.4 Å². The van der Waals surface area contributed by atoms with Crippen LogP contribution in [-0.2, 0) is 0 Å². The smallest absolute Gasteiger partial charge is 0.0621 e. The van der Waals surface area contributed by atoms with Gasteiger partial charge in [-0.2, -0.15) is 5.26 Å². The first kappa shape index (κ1) is 12.4. The van der Waals surface area contributed by atoms with E-state index < -0.39 is 0 Å². The number of aliphatic hydroxyl groups is 1. The summed E-state index contributed by atoms with van der Waals surface area (Å²) in [6.45, 7) is 6.02. The molecule has 0 saturated carbocycles. The van der Waals surface area contributed by atoms with Gasteiger partial charge in [-0.05, 0) is 19.4 Å². The Morgan fingerprint density at radius 1 is 1.38 bits per heavy atom. The van der Waals surface area contributed by atoms with Crippen molar-refractivity contribution >= 4 is 0 Å². The summed E-state index contributed by atoms with van der Waals surface area (Å²) < 4.78 is 0. The van der Waals surface area contributed by atoms with Gasteiger partial charge in [0.05, 0.1) is 6.07 Å². The maximum Gasteiger partial charge on any atom is 0.0621 e. The lowest BCUT2D eigenvalue weighted by Gasteiger charge is -2.21. The summed E-state index contributed by atoms with van der Waals surface area (Å²) >= 11 is 0. The minimum Gasteiger partial charge on any atom is -0.396 e. The standard InChI is InChI=1S/C10H20N2O/c1-10(2,9-13)8-12-7-5-3-4-6-11/h12-13H,3-5,7-9H2,1-2H3. The number of unbranched alkanes of at least 4 members (excludes halogenated alkanes) is 2. The quantitative estimate of drug-likeness (QED) is 0.586. The molecule has 0 aliphatic heterocycles. The second-order valence-corrected chi connectivity index (χ2v) is 4.11. The van der Waals surface area contributed by atoms with Gasteiger partial charge in [0, 0.05) is 25.0 Å². The number of aliphatic hydroxyl groups excluding tert-OH is 1. The normalized spacial score (nSPS) is 11.2. The highest BCUT2D eigenvalue weighted by molar-refractivity contribution is 4.71. The Balaban J connectivity index is 3.22. The zero-order valence-corrected chi connectivity index (χ0v) is 8.64. The highest BCUT2D eigenvalue weighted by atomic mass is 16.3. The van der Waals surface area contributed by atoms with Gasteiger partial charge in [0.2, 0.25) is 0 Å². The molecule has 0 aromatic rings. The van der Waals surface area contributed by atoms with Gasteiger partial charge < -0.3 is 10.4 Å². The molecule has 0 aromatic carbocycles. The molecule has 3 heteroatoms. The average Bonchev–Trinajstić information content (AvgIpc) is 2.11. The van der Waals surface area contributed by atoms with E-state index in [-0.39, 0.29) is 12.0 Å². The van der Waals surface area contributed by atoms with Crippen molar-refractivity contribution in [1.29, 1.82) is 5.26 Å². The number of nitriles is 1. The summed E-state index contributed by atoms with van der Waals surface area (Å²) in [7, 11) is 0. The van der Waals surface area contributed by atoms with E-state index in [9.17, 15) is 0 Å². The highest BCUT2D eigenvalue weighted by Crippen LogP contribution is 2.10. The van der Waals surface area contributed by atoms with Gasteiger partial charge in [0.25, 0.3) is 0 Å². The Bertz CT molecular complexity index is 161. The molecule has 0 rings (SSSR count). The SMILES string of the molecule is CC(C)(CO)CNCCCCC#N. The topological polar surface area (TPSA) is 56.0 Å². The fourth-order valence-electron chi connectivity index (χ4n) is 0.937. The van der Waals surface area contributed by atoms with E-state index in [1.54, 1.807) is 0 Å². The van der Waals surface area contributed by atoms with Crippen molar-refractivity contribution in [2.45, 2.75) is 33.1 Å². The van der Waals surface area contributed by atoms with Gasteiger partial charge in [0.15, 0.2) is 0 Å². The third-order valence-electron chi connectivity index (χ3n) is 1.92. The predicted molar refractivity (Wildman–Crippen MR) is 53.2 cm³/mol. The number of nitrogens with zero attached hydrogens (tertiary/aromatic N) is 1. The first-order valence-electron chi connectivity index (χ1n) is 4.81. The summed E-state index contributed by atoms with van der Waals surface area (Å²) in [6.07, 6.45) is 2.64. The fourth-order valence-corrected chi connectivity index (χ4v) is 0.937. The van der Waals surface area contributed by atoms with Crippen molar-refractivity contribution in [2.24, 2.45) is 5.41 Å². The number of hydrogen-bond acceptors (Lipinski definition) is 3. The van der Waals surface area contributed by atoms with Crippen LogP contribution in [0.15, 0.2) is 0 Å². The Hall–Kier alpha value is -0.590. The van der Waals surface area contributed by atoms with E-state index in [2.05, 4.69) is 11.4 Å². The van der Waals surface area contributed by atoms with Gasteiger partial charge in [-0.3, -0.25) is 0 Å². The molecule has 0 aliphatic carbocycles. The lowest BCUT2D eigenvalue weighted by atomic mass is 9.95. The largest absolute Gasteiger partial charge is 0.396 e. The third kappa shape index (κ3) is 7.76. The van der Waals surface area contributed by atoms with Crippen molar-refractivity contribution in [1.82, 2.24) is 5.32 Å². The molecule has 2 N–H and O–H groups in total. The van der Waals surface area contributed by atoms with E-state index >= 15 is 0 Å². The molecule has 76 valence electrons. The summed E-state index contributed by atoms with van der Waals surface area (Å²) in [5, 5.41) is 20.5. The lowest BCUT2D eigenvalue weighted by Crippen LogP contribution is -2.32. The molecule has 0 atom stereocenters. The fraction of sp³-hybridized carbons (Fsp3) is 0.900. The van der Waals surface area contributed by atoms with Gasteiger partial charge in [-0.15, -0.1) is 0 Å². The number of hydrogen-bond donors (Lipinski definition) is 2. The molecule has 0 aliphatic rings. The van der Waals surface area contributed by atoms with Crippen LogP contribution in [0.3, 0.4) is 0 Å². The molecule has 13 heavy (non-hydrogen) atoms. The first-order valence-corrected chi connectivity index (χ1v) is 4.81. The van der Waals surface area contributed by atoms with Crippen LogP contribution in [0, 0.1) is 16.7 Å². The summed E-state index contributed by atoms with van der Waals surface area (Å²) in [4.78, 5) is 0. The molecule has 0 spiro atoms. The molecular formula is C10H20N2O. The van der Waals surface area contributed by atoms with E-state index in [0.717, 1.165) is 25.9 Å². The van der Waals surface area contributed by atoms with Crippen molar-refractivity contribution in [3.63, 3.8) is 0 Å². The molecule has 3 nitrogen and oxygen atoms in total. The molecule has 0 amide bonds. The van der Waals surface area contributed by atoms with Crippen LogP contribution in [0.5, 0.6) is 0 Å². The summed E-state index contributed by atoms with van der Waals surface area (Å²) in [5.74, 6) is 0. The van der Waals surface area contributed by atoms with E-state index in [1.807, 2.05) is 13.8 Å². The predicted octanol–water partition coefficient (Wildman–Crippen LogP) is 1.29. The second-order valence-electron chi connectivity index (χ2n) is 4.11. The van der Waals surface area contributed by atoms with Gasteiger partial charge in [-0.1, -0.05) is 13.8 Å². The van der Waals surface area contributed by atoms with Crippen LogP contribution in [0.1, 0.15) is 33.1 Å². The molecular weight excluding hydrogens is 164 g/mol. The van der Waals surface area contributed by atoms with Crippen LogP contribution in [0.2, 0.25) is 0 Å². The van der Waals surface area contributed by atoms with Crippen LogP contribution in [0.4, 0.5) is 0 Å². The van der Waals surface area contributed by atoms with Crippen LogP contribution < -0.4 is 5.32 Å². The van der Waals surface area contributed by atoms with Crippen molar-refractivity contribution in [3.05, 3.63) is 0 Å². The van der Waals surface area contributed by atoms with Gasteiger partial charge >= 0.3 is 0 Å². The van der Waals surface area contributed by atoms with Crippen LogP contribution >= 0.6 is 0 Å². The Labute approximate surface area is 80.8 Å². The van der Waals surface area contributed by atoms with Crippen LogP contribution in [-0.4, -0.2) is 24.8 Å². The molecule has 0 unspecified atom stereocenters. The minimum absolute atomic E-state index is 0.0325. The van der Waals surface area contributed by atoms with E-state index in [1.165, 1.54) is 0 Å². The molecule has 0 saturated heterocycles. The number of rotatable bonds is 7. The molecule has 0 bridgehead atoms. The monoisotopic (exact) mass is 184 g/mol. The Kier molecular flexibility index (Phi) is 6.56. The van der Waals surface area contributed by atoms with Gasteiger partial charge in [0.1, 0.15) is 0 Å².